The first-order valence-electron chi connectivity index (χ1n) is 13.5. The average Bonchev–Trinajstić information content (AvgIpc) is 3.54. The van der Waals surface area contributed by atoms with Gasteiger partial charge in [0.2, 0.25) is 6.79 Å². The third-order valence-corrected chi connectivity index (χ3v) is 8.88. The molecule has 3 aliphatic heterocycles. The molecule has 1 aromatic carbocycles. The number of piperidine rings is 1. The first kappa shape index (κ1) is 28.7. The summed E-state index contributed by atoms with van der Waals surface area (Å²) in [6.07, 6.45) is 2.90. The number of thioether (sulfide) groups is 1. The van der Waals surface area contributed by atoms with Gasteiger partial charge in [0.05, 0.1) is 24.0 Å². The van der Waals surface area contributed by atoms with Gasteiger partial charge in [-0.3, -0.25) is 23.9 Å². The number of carbonyl (C=O) groups excluding carboxylic acids is 2. The molecule has 0 aliphatic carbocycles. The smallest absolute Gasteiger partial charge is 0.309 e. The van der Waals surface area contributed by atoms with Crippen LogP contribution in [0.25, 0.3) is 6.08 Å². The number of hydrogen-bond acceptors (Lipinski definition) is 10. The van der Waals surface area contributed by atoms with E-state index in [0.29, 0.717) is 76.8 Å². The molecule has 2 fully saturated rings. The molecule has 214 valence electrons. The maximum Gasteiger partial charge on any atom is 0.309 e. The van der Waals surface area contributed by atoms with Crippen molar-refractivity contribution in [3.05, 3.63) is 55.7 Å². The lowest BCUT2D eigenvalue weighted by atomic mass is 9.95. The van der Waals surface area contributed by atoms with Crippen LogP contribution >= 0.6 is 24.0 Å². The van der Waals surface area contributed by atoms with Crippen molar-refractivity contribution in [1.82, 2.24) is 9.47 Å². The van der Waals surface area contributed by atoms with E-state index in [1.807, 2.05) is 25.1 Å². The fourth-order valence-electron chi connectivity index (χ4n) is 5.35. The highest BCUT2D eigenvalue weighted by Gasteiger charge is 2.34. The Morgan fingerprint density at radius 1 is 1.22 bits per heavy atom. The minimum Gasteiger partial charge on any atom is -0.466 e. The Bertz CT molecular complexity index is 1550. The number of amides is 1. The highest BCUT2D eigenvalue weighted by molar-refractivity contribution is 8.26. The number of benzene rings is 1. The summed E-state index contributed by atoms with van der Waals surface area (Å²) >= 11 is 6.78. The largest absolute Gasteiger partial charge is 0.466 e. The number of esters is 1. The van der Waals surface area contributed by atoms with Crippen molar-refractivity contribution < 1.29 is 23.8 Å². The predicted octanol–water partition coefficient (Wildman–Crippen LogP) is 3.96. The van der Waals surface area contributed by atoms with Crippen molar-refractivity contribution in [2.75, 3.05) is 31.4 Å². The summed E-state index contributed by atoms with van der Waals surface area (Å²) < 4.78 is 18.1. The van der Waals surface area contributed by atoms with E-state index in [0.717, 1.165) is 5.56 Å². The Labute approximate surface area is 247 Å². The molecule has 41 heavy (non-hydrogen) atoms. The third kappa shape index (κ3) is 5.44. The number of fused-ring (bicyclic) bond motifs is 1. The van der Waals surface area contributed by atoms with Gasteiger partial charge in [0, 0.05) is 25.2 Å². The molecule has 1 aromatic heterocycles. The molecule has 1 amide bonds. The molecule has 0 spiro atoms. The molecular weight excluding hydrogens is 564 g/mol. The number of nitriles is 1. The van der Waals surface area contributed by atoms with Crippen LogP contribution in [0.4, 0.5) is 5.82 Å². The molecule has 0 saturated carbocycles. The molecule has 2 saturated heterocycles. The number of aromatic nitrogens is 1. The van der Waals surface area contributed by atoms with E-state index in [1.165, 1.54) is 16.7 Å². The molecular formula is C29H30N4O6S2. The molecule has 4 heterocycles. The first-order valence-corrected chi connectivity index (χ1v) is 14.7. The Hall–Kier alpha value is -3.82. The molecule has 5 rings (SSSR count). The van der Waals surface area contributed by atoms with Crippen LogP contribution < -0.4 is 19.9 Å². The van der Waals surface area contributed by atoms with Crippen molar-refractivity contribution in [3.8, 4) is 17.6 Å². The number of carbonyl (C=O) groups is 2. The summed E-state index contributed by atoms with van der Waals surface area (Å²) in [5.41, 5.74) is 1.65. The van der Waals surface area contributed by atoms with E-state index in [-0.39, 0.29) is 42.3 Å². The van der Waals surface area contributed by atoms with Gasteiger partial charge in [-0.05, 0) is 62.9 Å². The van der Waals surface area contributed by atoms with Crippen molar-refractivity contribution in [2.45, 2.75) is 46.7 Å². The Morgan fingerprint density at radius 2 is 1.95 bits per heavy atom. The normalized spacial score (nSPS) is 17.9. The minimum absolute atomic E-state index is 0.0408. The van der Waals surface area contributed by atoms with Crippen molar-refractivity contribution >= 4 is 52.1 Å². The maximum absolute atomic E-state index is 13.6. The maximum atomic E-state index is 13.6. The van der Waals surface area contributed by atoms with E-state index < -0.39 is 0 Å². The molecule has 2 aromatic rings. The fourth-order valence-corrected chi connectivity index (χ4v) is 6.59. The second-order valence-electron chi connectivity index (χ2n) is 9.87. The lowest BCUT2D eigenvalue weighted by molar-refractivity contribution is -0.148. The van der Waals surface area contributed by atoms with Gasteiger partial charge in [-0.15, -0.1) is 0 Å². The number of pyridine rings is 1. The number of thiocarbonyl (C=S) groups is 1. The van der Waals surface area contributed by atoms with Crippen molar-refractivity contribution in [3.63, 3.8) is 0 Å². The predicted molar refractivity (Wildman–Crippen MR) is 159 cm³/mol. The minimum atomic E-state index is -0.373. The zero-order valence-electron chi connectivity index (χ0n) is 23.1. The SMILES string of the molecule is CCOC(=O)C1CCN(c2c(C=C3SC(=S)N(Cc4ccc5c(c4)OCO5)C3=O)c(C)c(C#N)c(=O)n2CC)CC1. The molecule has 0 bridgehead atoms. The first-order chi connectivity index (χ1) is 19.8. The number of anilines is 1. The van der Waals surface area contributed by atoms with Gasteiger partial charge in [-0.2, -0.15) is 5.26 Å². The van der Waals surface area contributed by atoms with Crippen LogP contribution in [0, 0.1) is 24.2 Å². The summed E-state index contributed by atoms with van der Waals surface area (Å²) in [5, 5.41) is 9.85. The summed E-state index contributed by atoms with van der Waals surface area (Å²) in [6, 6.07) is 7.57. The lowest BCUT2D eigenvalue weighted by Crippen LogP contribution is -2.41. The Kier molecular flexibility index (Phi) is 8.37. The monoisotopic (exact) mass is 594 g/mol. The zero-order valence-corrected chi connectivity index (χ0v) is 24.7. The van der Waals surface area contributed by atoms with Crippen LogP contribution in [0.2, 0.25) is 0 Å². The molecule has 0 unspecified atom stereocenters. The lowest BCUT2D eigenvalue weighted by Gasteiger charge is -2.35. The van der Waals surface area contributed by atoms with E-state index in [9.17, 15) is 19.6 Å². The third-order valence-electron chi connectivity index (χ3n) is 7.50. The Morgan fingerprint density at radius 3 is 2.63 bits per heavy atom. The summed E-state index contributed by atoms with van der Waals surface area (Å²) in [7, 11) is 0. The van der Waals surface area contributed by atoms with Gasteiger partial charge >= 0.3 is 5.97 Å². The van der Waals surface area contributed by atoms with Crippen LogP contribution in [0.3, 0.4) is 0 Å². The van der Waals surface area contributed by atoms with Gasteiger partial charge < -0.3 is 19.1 Å². The van der Waals surface area contributed by atoms with E-state index in [2.05, 4.69) is 11.0 Å². The fraction of sp³-hybridized carbons (Fsp3) is 0.414. The zero-order chi connectivity index (χ0) is 29.3. The van der Waals surface area contributed by atoms with Crippen LogP contribution in [-0.2, 0) is 27.4 Å². The van der Waals surface area contributed by atoms with Crippen molar-refractivity contribution in [1.29, 1.82) is 5.26 Å². The Balaban J connectivity index is 1.49. The standard InChI is InChI=1S/C29H30N4O6S2/c1-4-32-25(31-10-8-19(9-11-31)28(36)37-5-2)20(17(3)21(14-30)26(32)34)13-24-27(35)33(29(40)41-24)15-18-6-7-22-23(12-18)39-16-38-22/h6-7,12-13,19H,4-5,8-11,15-16H2,1-3H3. The molecule has 10 nitrogen and oxygen atoms in total. The number of nitrogens with zero attached hydrogens (tertiary/aromatic N) is 4. The summed E-state index contributed by atoms with van der Waals surface area (Å²) in [6.45, 7) is 7.53. The van der Waals surface area contributed by atoms with Crippen LogP contribution in [0.1, 0.15) is 48.9 Å². The van der Waals surface area contributed by atoms with E-state index in [4.69, 9.17) is 26.4 Å². The quantitative estimate of drug-likeness (QED) is 0.265. The van der Waals surface area contributed by atoms with Crippen LogP contribution in [0.5, 0.6) is 11.5 Å². The molecule has 12 heteroatoms. The van der Waals surface area contributed by atoms with Gasteiger partial charge in [0.1, 0.15) is 21.8 Å². The average molecular weight is 595 g/mol. The van der Waals surface area contributed by atoms with Crippen LogP contribution in [-0.4, -0.2) is 52.2 Å². The second kappa shape index (κ2) is 12.0. The second-order valence-corrected chi connectivity index (χ2v) is 11.5. The highest BCUT2D eigenvalue weighted by atomic mass is 32.2. The van der Waals surface area contributed by atoms with Crippen molar-refractivity contribution in [2.24, 2.45) is 5.92 Å². The van der Waals surface area contributed by atoms with Gasteiger partial charge in [0.25, 0.3) is 11.5 Å². The van der Waals surface area contributed by atoms with E-state index >= 15 is 0 Å². The summed E-state index contributed by atoms with van der Waals surface area (Å²) in [5.74, 6) is 1.26. The van der Waals surface area contributed by atoms with Gasteiger partial charge in [-0.25, -0.2) is 0 Å². The van der Waals surface area contributed by atoms with Gasteiger partial charge in [-0.1, -0.05) is 30.0 Å². The topological polar surface area (TPSA) is 114 Å². The highest BCUT2D eigenvalue weighted by Crippen LogP contribution is 2.38. The number of rotatable bonds is 7. The summed E-state index contributed by atoms with van der Waals surface area (Å²) in [4.78, 5) is 43.3. The molecule has 0 atom stereocenters. The molecule has 0 N–H and O–H groups in total. The molecule has 0 radical (unpaired) electrons. The van der Waals surface area contributed by atoms with E-state index in [1.54, 1.807) is 24.5 Å². The number of ether oxygens (including phenoxy) is 3. The van der Waals surface area contributed by atoms with Gasteiger partial charge in [0.15, 0.2) is 11.5 Å². The van der Waals surface area contributed by atoms with Crippen LogP contribution in [0.15, 0.2) is 27.9 Å². The molecule has 3 aliphatic rings. The number of hydrogen-bond donors (Lipinski definition) is 0.